The number of aliphatic hydroxyl groups excluding tert-OH is 4. The summed E-state index contributed by atoms with van der Waals surface area (Å²) >= 11 is 0. The highest BCUT2D eigenvalue weighted by atomic mass is 19.2. The highest BCUT2D eigenvalue weighted by Crippen LogP contribution is 2.20. The molecule has 1 aromatic rings. The first-order valence-electron chi connectivity index (χ1n) is 6.41. The molecule has 22 heavy (non-hydrogen) atoms. The largest absolute Gasteiger partial charge is 0.394 e. The average Bonchev–Trinajstić information content (AvgIpc) is 2.50. The Labute approximate surface area is 123 Å². The molecule has 7 nitrogen and oxygen atoms in total. The lowest BCUT2D eigenvalue weighted by Gasteiger charge is -2.40. The van der Waals surface area contributed by atoms with Crippen molar-refractivity contribution in [2.24, 2.45) is 0 Å². The van der Waals surface area contributed by atoms with Gasteiger partial charge in [0.05, 0.1) is 6.61 Å². The van der Waals surface area contributed by atoms with Crippen molar-refractivity contribution in [3.05, 3.63) is 35.4 Å². The molecule has 0 aromatic heterocycles. The monoisotopic (exact) mass is 319 g/mol. The van der Waals surface area contributed by atoms with Gasteiger partial charge in [0.25, 0.3) is 5.91 Å². The second-order valence-electron chi connectivity index (χ2n) is 4.85. The summed E-state index contributed by atoms with van der Waals surface area (Å²) in [5.74, 6) is -3.23. The minimum absolute atomic E-state index is 0.226. The summed E-state index contributed by atoms with van der Waals surface area (Å²) < 4.78 is 31.0. The predicted molar refractivity (Wildman–Crippen MR) is 67.6 cm³/mol. The summed E-state index contributed by atoms with van der Waals surface area (Å²) in [5, 5.41) is 40.1. The van der Waals surface area contributed by atoms with Crippen LogP contribution in [0.4, 0.5) is 8.78 Å². The van der Waals surface area contributed by atoms with Gasteiger partial charge in [0, 0.05) is 5.56 Å². The molecule has 0 saturated carbocycles. The lowest BCUT2D eigenvalue weighted by molar-refractivity contribution is -0.233. The van der Waals surface area contributed by atoms with Gasteiger partial charge in [0.2, 0.25) is 0 Å². The molecule has 1 aromatic carbocycles. The van der Waals surface area contributed by atoms with E-state index < -0.39 is 54.8 Å². The van der Waals surface area contributed by atoms with Crippen molar-refractivity contribution < 1.29 is 38.7 Å². The van der Waals surface area contributed by atoms with Crippen LogP contribution in [0.15, 0.2) is 18.2 Å². The molecular weight excluding hydrogens is 304 g/mol. The number of ether oxygens (including phenoxy) is 1. The van der Waals surface area contributed by atoms with Gasteiger partial charge in [-0.25, -0.2) is 8.78 Å². The molecule has 0 unspecified atom stereocenters. The molecule has 1 aliphatic heterocycles. The molecule has 122 valence electrons. The fourth-order valence-electron chi connectivity index (χ4n) is 2.07. The first-order valence-corrected chi connectivity index (χ1v) is 6.41. The molecule has 0 spiro atoms. The standard InChI is InChI=1S/C13H15F2NO6/c14-6-2-1-5(3-7(6)15)12(21)16-13-11(20)10(19)9(18)8(4-17)22-13/h1-3,8-11,13,17-20H,4H2,(H,16,21)/t8-,9-,10+,11-,13-/m1/s1. The summed E-state index contributed by atoms with van der Waals surface area (Å²) in [6.07, 6.45) is -7.49. The van der Waals surface area contributed by atoms with Crippen molar-refractivity contribution >= 4 is 5.91 Å². The number of hydrogen-bond acceptors (Lipinski definition) is 6. The molecule has 9 heteroatoms. The molecule has 0 bridgehead atoms. The van der Waals surface area contributed by atoms with Gasteiger partial charge in [-0.05, 0) is 18.2 Å². The van der Waals surface area contributed by atoms with Crippen molar-refractivity contribution in [2.75, 3.05) is 6.61 Å². The van der Waals surface area contributed by atoms with Gasteiger partial charge >= 0.3 is 0 Å². The Hall–Kier alpha value is -1.65. The van der Waals surface area contributed by atoms with E-state index in [0.717, 1.165) is 12.1 Å². The number of aliphatic hydroxyl groups is 4. The molecule has 2 rings (SSSR count). The van der Waals surface area contributed by atoms with E-state index in [9.17, 15) is 28.9 Å². The number of carbonyl (C=O) groups is 1. The van der Waals surface area contributed by atoms with Crippen molar-refractivity contribution in [3.63, 3.8) is 0 Å². The zero-order chi connectivity index (χ0) is 16.4. The van der Waals surface area contributed by atoms with Gasteiger partial charge in [-0.3, -0.25) is 4.79 Å². The zero-order valence-corrected chi connectivity index (χ0v) is 11.2. The quantitative estimate of drug-likeness (QED) is 0.462. The zero-order valence-electron chi connectivity index (χ0n) is 11.2. The van der Waals surface area contributed by atoms with Crippen LogP contribution in [0.25, 0.3) is 0 Å². The first-order chi connectivity index (χ1) is 10.3. The Morgan fingerprint density at radius 3 is 2.41 bits per heavy atom. The fraction of sp³-hybridized carbons (Fsp3) is 0.462. The van der Waals surface area contributed by atoms with E-state index in [0.29, 0.717) is 6.07 Å². The van der Waals surface area contributed by atoms with Gasteiger partial charge in [-0.2, -0.15) is 0 Å². The fourth-order valence-corrected chi connectivity index (χ4v) is 2.07. The molecule has 0 aliphatic carbocycles. The Kier molecular flexibility index (Phi) is 5.04. The van der Waals surface area contributed by atoms with Crippen LogP contribution in [-0.4, -0.2) is 63.6 Å². The van der Waals surface area contributed by atoms with E-state index in [2.05, 4.69) is 5.32 Å². The highest BCUT2D eigenvalue weighted by Gasteiger charge is 2.44. The summed E-state index contributed by atoms with van der Waals surface area (Å²) in [7, 11) is 0. The third-order valence-electron chi connectivity index (χ3n) is 3.35. The molecule has 1 amide bonds. The Morgan fingerprint density at radius 2 is 1.82 bits per heavy atom. The number of hydrogen-bond donors (Lipinski definition) is 5. The number of halogens is 2. The van der Waals surface area contributed by atoms with Crippen LogP contribution in [0.3, 0.4) is 0 Å². The molecule has 1 heterocycles. The van der Waals surface area contributed by atoms with E-state index in [1.54, 1.807) is 0 Å². The predicted octanol–water partition coefficient (Wildman–Crippen LogP) is -1.51. The number of rotatable bonds is 3. The van der Waals surface area contributed by atoms with Crippen LogP contribution >= 0.6 is 0 Å². The van der Waals surface area contributed by atoms with Crippen molar-refractivity contribution in [1.29, 1.82) is 0 Å². The third-order valence-corrected chi connectivity index (χ3v) is 3.35. The molecule has 5 N–H and O–H groups in total. The number of amides is 1. The van der Waals surface area contributed by atoms with Crippen LogP contribution < -0.4 is 5.32 Å². The van der Waals surface area contributed by atoms with Crippen molar-refractivity contribution in [1.82, 2.24) is 5.32 Å². The molecule has 1 fully saturated rings. The summed E-state index contributed by atoms with van der Waals surface area (Å²) in [6.45, 7) is -0.650. The molecule has 1 saturated heterocycles. The topological polar surface area (TPSA) is 119 Å². The summed E-state index contributed by atoms with van der Waals surface area (Å²) in [6, 6.07) is 2.45. The number of nitrogens with one attached hydrogen (secondary N) is 1. The SMILES string of the molecule is O=C(N[C@@H]1O[C@H](CO)[C@@H](O)[C@H](O)[C@H]1O)c1ccc(F)c(F)c1. The number of carbonyl (C=O) groups excluding carboxylic acids is 1. The smallest absolute Gasteiger partial charge is 0.253 e. The molecular formula is C13H15F2NO6. The van der Waals surface area contributed by atoms with E-state index in [1.807, 2.05) is 0 Å². The third kappa shape index (κ3) is 3.23. The van der Waals surface area contributed by atoms with Crippen molar-refractivity contribution in [2.45, 2.75) is 30.6 Å². The van der Waals surface area contributed by atoms with Gasteiger partial charge in [0.1, 0.15) is 24.4 Å². The average molecular weight is 319 g/mol. The maximum Gasteiger partial charge on any atom is 0.253 e. The summed E-state index contributed by atoms with van der Waals surface area (Å²) in [5.41, 5.74) is -0.226. The Bertz CT molecular complexity index is 555. The van der Waals surface area contributed by atoms with Gasteiger partial charge in [0.15, 0.2) is 17.9 Å². The maximum atomic E-state index is 13.1. The summed E-state index contributed by atoms with van der Waals surface area (Å²) in [4.78, 5) is 11.9. The van der Waals surface area contributed by atoms with E-state index in [-0.39, 0.29) is 5.56 Å². The minimum Gasteiger partial charge on any atom is -0.394 e. The van der Waals surface area contributed by atoms with Crippen LogP contribution in [0.1, 0.15) is 10.4 Å². The lowest BCUT2D eigenvalue weighted by Crippen LogP contribution is -2.63. The van der Waals surface area contributed by atoms with Crippen LogP contribution in [0.5, 0.6) is 0 Å². The van der Waals surface area contributed by atoms with Gasteiger partial charge in [-0.15, -0.1) is 0 Å². The second-order valence-corrected chi connectivity index (χ2v) is 4.85. The van der Waals surface area contributed by atoms with Crippen LogP contribution in [0.2, 0.25) is 0 Å². The Balaban J connectivity index is 2.11. The molecule has 1 aliphatic rings. The molecule has 5 atom stereocenters. The maximum absolute atomic E-state index is 13.1. The Morgan fingerprint density at radius 1 is 1.14 bits per heavy atom. The van der Waals surface area contributed by atoms with Crippen LogP contribution in [-0.2, 0) is 4.74 Å². The normalized spacial score (nSPS) is 31.8. The van der Waals surface area contributed by atoms with Gasteiger partial charge in [-0.1, -0.05) is 0 Å². The second kappa shape index (κ2) is 6.63. The number of benzene rings is 1. The van der Waals surface area contributed by atoms with E-state index in [4.69, 9.17) is 9.84 Å². The van der Waals surface area contributed by atoms with Gasteiger partial charge < -0.3 is 30.5 Å². The van der Waals surface area contributed by atoms with E-state index >= 15 is 0 Å². The van der Waals surface area contributed by atoms with Crippen LogP contribution in [0, 0.1) is 11.6 Å². The minimum atomic E-state index is -1.66. The highest BCUT2D eigenvalue weighted by molar-refractivity contribution is 5.94. The van der Waals surface area contributed by atoms with E-state index in [1.165, 1.54) is 0 Å². The van der Waals surface area contributed by atoms with Crippen molar-refractivity contribution in [3.8, 4) is 0 Å². The first kappa shape index (κ1) is 16.7. The molecule has 0 radical (unpaired) electrons. The lowest BCUT2D eigenvalue weighted by atomic mass is 9.98.